The first-order valence-electron chi connectivity index (χ1n) is 5.91. The molecule has 0 bridgehead atoms. The van der Waals surface area contributed by atoms with Crippen molar-refractivity contribution in [3.05, 3.63) is 29.8 Å². The summed E-state index contributed by atoms with van der Waals surface area (Å²) in [5.41, 5.74) is -0.0688. The van der Waals surface area contributed by atoms with E-state index >= 15 is 0 Å². The van der Waals surface area contributed by atoms with Crippen molar-refractivity contribution in [2.24, 2.45) is 0 Å². The van der Waals surface area contributed by atoms with E-state index in [9.17, 15) is 8.78 Å². The Bertz CT molecular complexity index is 608. The number of benzene rings is 1. The van der Waals surface area contributed by atoms with Crippen molar-refractivity contribution in [3.63, 3.8) is 0 Å². The molecular formula is C12H13F2N5O. The van der Waals surface area contributed by atoms with Gasteiger partial charge in [0.1, 0.15) is 0 Å². The van der Waals surface area contributed by atoms with Crippen LogP contribution in [-0.4, -0.2) is 28.6 Å². The van der Waals surface area contributed by atoms with Crippen LogP contribution in [0.3, 0.4) is 0 Å². The van der Waals surface area contributed by atoms with E-state index in [1.165, 1.54) is 12.1 Å². The Morgan fingerprint density at radius 2 is 1.90 bits per heavy atom. The standard InChI is InChI=1S/C12H13F2N5O/c1-3-20-12-18-10(15-2)17-11(19-12)16-8-6-4-5-7(13)9(8)14/h4-6H,3H2,1-2H3,(H2,15,16,17,18,19). The fraction of sp³-hybridized carbons (Fsp3) is 0.250. The summed E-state index contributed by atoms with van der Waals surface area (Å²) in [6, 6.07) is 3.87. The van der Waals surface area contributed by atoms with Crippen LogP contribution in [0.15, 0.2) is 18.2 Å². The van der Waals surface area contributed by atoms with Crippen LogP contribution >= 0.6 is 0 Å². The molecule has 0 spiro atoms. The molecule has 0 aliphatic heterocycles. The van der Waals surface area contributed by atoms with Crippen molar-refractivity contribution in [2.75, 3.05) is 24.3 Å². The maximum Gasteiger partial charge on any atom is 0.323 e. The molecule has 0 atom stereocenters. The van der Waals surface area contributed by atoms with Gasteiger partial charge < -0.3 is 15.4 Å². The molecule has 0 aliphatic carbocycles. The van der Waals surface area contributed by atoms with Gasteiger partial charge in [-0.3, -0.25) is 0 Å². The Morgan fingerprint density at radius 3 is 2.60 bits per heavy atom. The van der Waals surface area contributed by atoms with E-state index in [0.29, 0.717) is 6.61 Å². The third kappa shape index (κ3) is 3.08. The predicted molar refractivity (Wildman–Crippen MR) is 70.2 cm³/mol. The normalized spacial score (nSPS) is 10.2. The smallest absolute Gasteiger partial charge is 0.323 e. The summed E-state index contributed by atoms with van der Waals surface area (Å²) in [5.74, 6) is -1.65. The second-order valence-corrected chi connectivity index (χ2v) is 3.67. The Kier molecular flexibility index (Phi) is 4.24. The van der Waals surface area contributed by atoms with Gasteiger partial charge in [0, 0.05) is 7.05 Å². The Balaban J connectivity index is 2.32. The number of aromatic nitrogens is 3. The number of ether oxygens (including phenoxy) is 1. The highest BCUT2D eigenvalue weighted by Crippen LogP contribution is 2.21. The molecule has 8 heteroatoms. The van der Waals surface area contributed by atoms with E-state index in [4.69, 9.17) is 4.74 Å². The van der Waals surface area contributed by atoms with Crippen LogP contribution in [0.4, 0.5) is 26.4 Å². The molecule has 1 aromatic carbocycles. The fourth-order valence-electron chi connectivity index (χ4n) is 1.44. The summed E-state index contributed by atoms with van der Waals surface area (Å²) in [5, 5.41) is 5.32. The van der Waals surface area contributed by atoms with Gasteiger partial charge in [-0.2, -0.15) is 15.0 Å². The summed E-state index contributed by atoms with van der Waals surface area (Å²) in [4.78, 5) is 11.9. The van der Waals surface area contributed by atoms with Gasteiger partial charge >= 0.3 is 6.01 Å². The van der Waals surface area contributed by atoms with E-state index in [0.717, 1.165) is 6.07 Å². The SMILES string of the molecule is CCOc1nc(NC)nc(Nc2cccc(F)c2F)n1. The number of nitrogens with one attached hydrogen (secondary N) is 2. The van der Waals surface area contributed by atoms with Crippen molar-refractivity contribution >= 4 is 17.6 Å². The number of hydrogen-bond acceptors (Lipinski definition) is 6. The monoisotopic (exact) mass is 281 g/mol. The highest BCUT2D eigenvalue weighted by atomic mass is 19.2. The molecule has 0 fully saturated rings. The average molecular weight is 281 g/mol. The van der Waals surface area contributed by atoms with Gasteiger partial charge in [-0.1, -0.05) is 6.07 Å². The second kappa shape index (κ2) is 6.09. The minimum atomic E-state index is -1.00. The van der Waals surface area contributed by atoms with Crippen molar-refractivity contribution in [1.29, 1.82) is 0 Å². The first kappa shape index (κ1) is 13.9. The minimum Gasteiger partial charge on any atom is -0.464 e. The number of anilines is 3. The van der Waals surface area contributed by atoms with Crippen LogP contribution in [0.5, 0.6) is 6.01 Å². The van der Waals surface area contributed by atoms with E-state index < -0.39 is 11.6 Å². The first-order valence-corrected chi connectivity index (χ1v) is 5.91. The van der Waals surface area contributed by atoms with Crippen LogP contribution < -0.4 is 15.4 Å². The molecule has 1 aromatic heterocycles. The van der Waals surface area contributed by atoms with Gasteiger partial charge in [0.25, 0.3) is 0 Å². The number of rotatable bonds is 5. The molecule has 20 heavy (non-hydrogen) atoms. The van der Waals surface area contributed by atoms with Crippen molar-refractivity contribution in [1.82, 2.24) is 15.0 Å². The minimum absolute atomic E-state index is 0.0531. The van der Waals surface area contributed by atoms with Crippen LogP contribution in [-0.2, 0) is 0 Å². The third-order valence-corrected chi connectivity index (χ3v) is 2.31. The molecule has 0 radical (unpaired) electrons. The maximum absolute atomic E-state index is 13.6. The van der Waals surface area contributed by atoms with Crippen LogP contribution in [0.2, 0.25) is 0 Å². The molecule has 1 heterocycles. The van der Waals surface area contributed by atoms with Crippen LogP contribution in [0, 0.1) is 11.6 Å². The molecule has 2 N–H and O–H groups in total. The number of hydrogen-bond donors (Lipinski definition) is 2. The van der Waals surface area contributed by atoms with E-state index in [2.05, 4.69) is 25.6 Å². The second-order valence-electron chi connectivity index (χ2n) is 3.67. The largest absolute Gasteiger partial charge is 0.464 e. The summed E-state index contributed by atoms with van der Waals surface area (Å²) >= 11 is 0. The van der Waals surface area contributed by atoms with Crippen molar-refractivity contribution in [3.8, 4) is 6.01 Å². The Morgan fingerprint density at radius 1 is 1.15 bits per heavy atom. The molecule has 0 saturated carbocycles. The molecule has 0 aliphatic rings. The lowest BCUT2D eigenvalue weighted by molar-refractivity contribution is 0.312. The third-order valence-electron chi connectivity index (χ3n) is 2.31. The van der Waals surface area contributed by atoms with Gasteiger partial charge in [-0.05, 0) is 19.1 Å². The van der Waals surface area contributed by atoms with E-state index in [-0.39, 0.29) is 23.6 Å². The predicted octanol–water partition coefficient (Wildman–Crippen LogP) is 2.33. The molecule has 0 amide bonds. The van der Waals surface area contributed by atoms with Gasteiger partial charge in [-0.15, -0.1) is 0 Å². The van der Waals surface area contributed by atoms with Crippen molar-refractivity contribution < 1.29 is 13.5 Å². The lowest BCUT2D eigenvalue weighted by Gasteiger charge is -2.09. The molecule has 106 valence electrons. The van der Waals surface area contributed by atoms with Gasteiger partial charge in [0.05, 0.1) is 12.3 Å². The van der Waals surface area contributed by atoms with E-state index in [1.54, 1.807) is 14.0 Å². The molecule has 2 rings (SSSR count). The highest BCUT2D eigenvalue weighted by Gasteiger charge is 2.11. The van der Waals surface area contributed by atoms with Gasteiger partial charge in [0.15, 0.2) is 11.6 Å². The summed E-state index contributed by atoms with van der Waals surface area (Å²) in [6.45, 7) is 2.16. The molecule has 6 nitrogen and oxygen atoms in total. The van der Waals surface area contributed by atoms with E-state index in [1.807, 2.05) is 0 Å². The molecule has 2 aromatic rings. The lowest BCUT2D eigenvalue weighted by atomic mass is 10.3. The Hall–Kier alpha value is -2.51. The summed E-state index contributed by atoms with van der Waals surface area (Å²) in [6.07, 6.45) is 0. The topological polar surface area (TPSA) is 72.0 Å². The highest BCUT2D eigenvalue weighted by molar-refractivity contribution is 5.55. The number of nitrogens with zero attached hydrogens (tertiary/aromatic N) is 3. The van der Waals surface area contributed by atoms with Gasteiger partial charge in [-0.25, -0.2) is 8.78 Å². The average Bonchev–Trinajstić information content (AvgIpc) is 2.44. The first-order chi connectivity index (χ1) is 9.63. The zero-order chi connectivity index (χ0) is 14.5. The van der Waals surface area contributed by atoms with Gasteiger partial charge in [0.2, 0.25) is 11.9 Å². The van der Waals surface area contributed by atoms with Crippen LogP contribution in [0.25, 0.3) is 0 Å². The summed E-state index contributed by atoms with van der Waals surface area (Å²) < 4.78 is 31.9. The van der Waals surface area contributed by atoms with Crippen LogP contribution in [0.1, 0.15) is 6.92 Å². The van der Waals surface area contributed by atoms with Crippen molar-refractivity contribution in [2.45, 2.75) is 6.92 Å². The summed E-state index contributed by atoms with van der Waals surface area (Å²) in [7, 11) is 1.62. The zero-order valence-corrected chi connectivity index (χ0v) is 10.9. The quantitative estimate of drug-likeness (QED) is 0.876. The number of halogens is 2. The molecule has 0 saturated heterocycles. The fourth-order valence-corrected chi connectivity index (χ4v) is 1.44. The Labute approximate surface area is 114 Å². The lowest BCUT2D eigenvalue weighted by Crippen LogP contribution is -2.07. The molecular weight excluding hydrogens is 268 g/mol. The zero-order valence-electron chi connectivity index (χ0n) is 10.9. The molecule has 0 unspecified atom stereocenters. The maximum atomic E-state index is 13.6.